The SMILES string of the molecule is CCCOc1cc(C)nc(NC2CC(C)C2)n1. The van der Waals surface area contributed by atoms with Gasteiger partial charge in [0.05, 0.1) is 6.61 Å². The molecule has 1 saturated carbocycles. The summed E-state index contributed by atoms with van der Waals surface area (Å²) in [5.74, 6) is 2.20. The van der Waals surface area contributed by atoms with E-state index in [1.165, 1.54) is 12.8 Å². The number of hydrogen-bond acceptors (Lipinski definition) is 4. The Morgan fingerprint density at radius 2 is 2.18 bits per heavy atom. The molecular weight excluding hydrogens is 214 g/mol. The Morgan fingerprint density at radius 1 is 1.41 bits per heavy atom. The Balaban J connectivity index is 1.98. The van der Waals surface area contributed by atoms with Crippen LogP contribution >= 0.6 is 0 Å². The molecule has 1 aliphatic carbocycles. The average Bonchev–Trinajstić information content (AvgIpc) is 2.23. The van der Waals surface area contributed by atoms with Gasteiger partial charge in [-0.15, -0.1) is 0 Å². The van der Waals surface area contributed by atoms with Crippen molar-refractivity contribution >= 4 is 5.95 Å². The molecular formula is C13H21N3O. The van der Waals surface area contributed by atoms with Crippen molar-refractivity contribution in [2.75, 3.05) is 11.9 Å². The van der Waals surface area contributed by atoms with Crippen molar-refractivity contribution in [1.29, 1.82) is 0 Å². The average molecular weight is 235 g/mol. The van der Waals surface area contributed by atoms with E-state index in [0.29, 0.717) is 24.5 Å². The summed E-state index contributed by atoms with van der Waals surface area (Å²) in [6.45, 7) is 7.03. The molecule has 0 atom stereocenters. The highest BCUT2D eigenvalue weighted by Gasteiger charge is 2.25. The van der Waals surface area contributed by atoms with Crippen molar-refractivity contribution in [3.05, 3.63) is 11.8 Å². The molecule has 1 heterocycles. The predicted molar refractivity (Wildman–Crippen MR) is 68.4 cm³/mol. The molecule has 17 heavy (non-hydrogen) atoms. The fourth-order valence-electron chi connectivity index (χ4n) is 2.09. The van der Waals surface area contributed by atoms with Crippen LogP contribution < -0.4 is 10.1 Å². The molecule has 0 aromatic carbocycles. The van der Waals surface area contributed by atoms with E-state index < -0.39 is 0 Å². The van der Waals surface area contributed by atoms with Gasteiger partial charge in [0.15, 0.2) is 0 Å². The van der Waals surface area contributed by atoms with Gasteiger partial charge in [0.1, 0.15) is 0 Å². The van der Waals surface area contributed by atoms with Crippen LogP contribution in [-0.4, -0.2) is 22.6 Å². The van der Waals surface area contributed by atoms with Crippen molar-refractivity contribution < 1.29 is 4.74 Å². The molecule has 1 N–H and O–H groups in total. The summed E-state index contributed by atoms with van der Waals surface area (Å²) in [7, 11) is 0. The minimum Gasteiger partial charge on any atom is -0.478 e. The van der Waals surface area contributed by atoms with Crippen LogP contribution in [0.5, 0.6) is 5.88 Å². The van der Waals surface area contributed by atoms with E-state index in [2.05, 4.69) is 29.1 Å². The van der Waals surface area contributed by atoms with Crippen molar-refractivity contribution in [2.45, 2.75) is 46.1 Å². The lowest BCUT2D eigenvalue weighted by atomic mass is 9.82. The van der Waals surface area contributed by atoms with Crippen molar-refractivity contribution in [1.82, 2.24) is 9.97 Å². The maximum atomic E-state index is 5.54. The molecule has 0 bridgehead atoms. The molecule has 0 spiro atoms. The first-order chi connectivity index (χ1) is 8.17. The number of nitrogens with zero attached hydrogens (tertiary/aromatic N) is 2. The summed E-state index contributed by atoms with van der Waals surface area (Å²) < 4.78 is 5.54. The van der Waals surface area contributed by atoms with Gasteiger partial charge in [0.2, 0.25) is 11.8 Å². The molecule has 0 saturated heterocycles. The van der Waals surface area contributed by atoms with Crippen LogP contribution in [-0.2, 0) is 0 Å². The number of anilines is 1. The minimum atomic E-state index is 0.533. The summed E-state index contributed by atoms with van der Waals surface area (Å²) in [6.07, 6.45) is 3.41. The van der Waals surface area contributed by atoms with Gasteiger partial charge in [-0.05, 0) is 32.1 Å². The van der Waals surface area contributed by atoms with Crippen LogP contribution in [0.4, 0.5) is 5.95 Å². The molecule has 0 amide bonds. The third-order valence-electron chi connectivity index (χ3n) is 2.99. The molecule has 1 aromatic heterocycles. The highest BCUT2D eigenvalue weighted by Crippen LogP contribution is 2.28. The van der Waals surface area contributed by atoms with E-state index in [1.807, 2.05) is 13.0 Å². The summed E-state index contributed by atoms with van der Waals surface area (Å²) in [5, 5.41) is 3.36. The highest BCUT2D eigenvalue weighted by molar-refractivity contribution is 5.32. The normalized spacial score (nSPS) is 23.0. The highest BCUT2D eigenvalue weighted by atomic mass is 16.5. The van der Waals surface area contributed by atoms with Crippen LogP contribution in [0.25, 0.3) is 0 Å². The van der Waals surface area contributed by atoms with E-state index in [1.54, 1.807) is 0 Å². The molecule has 94 valence electrons. The molecule has 1 fully saturated rings. The van der Waals surface area contributed by atoms with Crippen molar-refractivity contribution in [3.8, 4) is 5.88 Å². The van der Waals surface area contributed by atoms with Crippen LogP contribution in [0.1, 0.15) is 38.8 Å². The second kappa shape index (κ2) is 5.34. The Kier molecular flexibility index (Phi) is 3.82. The monoisotopic (exact) mass is 235 g/mol. The maximum absolute atomic E-state index is 5.54. The largest absolute Gasteiger partial charge is 0.478 e. The lowest BCUT2D eigenvalue weighted by Crippen LogP contribution is -2.34. The van der Waals surface area contributed by atoms with E-state index in [9.17, 15) is 0 Å². The van der Waals surface area contributed by atoms with Gasteiger partial charge in [-0.2, -0.15) is 4.98 Å². The summed E-state index contributed by atoms with van der Waals surface area (Å²) in [4.78, 5) is 8.76. The second-order valence-electron chi connectivity index (χ2n) is 4.94. The van der Waals surface area contributed by atoms with E-state index in [-0.39, 0.29) is 0 Å². The van der Waals surface area contributed by atoms with E-state index in [0.717, 1.165) is 18.0 Å². The van der Waals surface area contributed by atoms with Crippen LogP contribution in [0.3, 0.4) is 0 Å². The number of hydrogen-bond donors (Lipinski definition) is 1. The molecule has 1 aromatic rings. The maximum Gasteiger partial charge on any atom is 0.226 e. The van der Waals surface area contributed by atoms with Gasteiger partial charge in [-0.25, -0.2) is 4.98 Å². The summed E-state index contributed by atoms with van der Waals surface area (Å²) in [5.41, 5.74) is 0.945. The van der Waals surface area contributed by atoms with Crippen LogP contribution in [0.15, 0.2) is 6.07 Å². The molecule has 2 rings (SSSR count). The first-order valence-corrected chi connectivity index (χ1v) is 6.42. The van der Waals surface area contributed by atoms with Gasteiger partial charge < -0.3 is 10.1 Å². The zero-order valence-electron chi connectivity index (χ0n) is 10.9. The van der Waals surface area contributed by atoms with E-state index >= 15 is 0 Å². The van der Waals surface area contributed by atoms with Crippen LogP contribution in [0.2, 0.25) is 0 Å². The summed E-state index contributed by atoms with van der Waals surface area (Å²) in [6, 6.07) is 2.41. The number of nitrogens with one attached hydrogen (secondary N) is 1. The third-order valence-corrected chi connectivity index (χ3v) is 2.99. The van der Waals surface area contributed by atoms with E-state index in [4.69, 9.17) is 4.74 Å². The fraction of sp³-hybridized carbons (Fsp3) is 0.692. The number of aryl methyl sites for hydroxylation is 1. The standard InChI is InChI=1S/C13H21N3O/c1-4-5-17-12-8-10(3)14-13(16-12)15-11-6-9(2)7-11/h8-9,11H,4-7H2,1-3H3,(H,14,15,16). The third kappa shape index (κ3) is 3.32. The predicted octanol–water partition coefficient (Wildman–Crippen LogP) is 2.78. The molecule has 4 heteroatoms. The van der Waals surface area contributed by atoms with Gasteiger partial charge in [-0.1, -0.05) is 13.8 Å². The topological polar surface area (TPSA) is 47.0 Å². The number of rotatable bonds is 5. The minimum absolute atomic E-state index is 0.533. The summed E-state index contributed by atoms with van der Waals surface area (Å²) >= 11 is 0. The Hall–Kier alpha value is -1.32. The Labute approximate surface area is 103 Å². The molecule has 0 radical (unpaired) electrons. The van der Waals surface area contributed by atoms with Crippen molar-refractivity contribution in [3.63, 3.8) is 0 Å². The lowest BCUT2D eigenvalue weighted by molar-refractivity contribution is 0.299. The molecule has 4 nitrogen and oxygen atoms in total. The first kappa shape index (κ1) is 12.1. The molecule has 0 unspecified atom stereocenters. The lowest BCUT2D eigenvalue weighted by Gasteiger charge is -2.33. The van der Waals surface area contributed by atoms with Gasteiger partial charge in [0, 0.05) is 17.8 Å². The molecule has 0 aliphatic heterocycles. The number of aromatic nitrogens is 2. The van der Waals surface area contributed by atoms with Crippen molar-refractivity contribution in [2.24, 2.45) is 5.92 Å². The second-order valence-corrected chi connectivity index (χ2v) is 4.94. The molecule has 1 aliphatic rings. The van der Waals surface area contributed by atoms with Gasteiger partial charge in [-0.3, -0.25) is 0 Å². The first-order valence-electron chi connectivity index (χ1n) is 6.42. The smallest absolute Gasteiger partial charge is 0.226 e. The zero-order valence-corrected chi connectivity index (χ0v) is 10.9. The quantitative estimate of drug-likeness (QED) is 0.852. The Bertz CT molecular complexity index is 375. The number of ether oxygens (including phenoxy) is 1. The van der Waals surface area contributed by atoms with Crippen LogP contribution in [0, 0.1) is 12.8 Å². The zero-order chi connectivity index (χ0) is 12.3. The van der Waals surface area contributed by atoms with Gasteiger partial charge in [0.25, 0.3) is 0 Å². The van der Waals surface area contributed by atoms with Gasteiger partial charge >= 0.3 is 0 Å². The Morgan fingerprint density at radius 3 is 2.82 bits per heavy atom. The fourth-order valence-corrected chi connectivity index (χ4v) is 2.09.